The second-order valence-electron chi connectivity index (χ2n) is 16.2. The van der Waals surface area contributed by atoms with Crippen molar-refractivity contribution in [1.82, 2.24) is 0 Å². The maximum atomic E-state index is 13.5. The second kappa shape index (κ2) is 28.4. The van der Waals surface area contributed by atoms with Crippen LogP contribution in [0.5, 0.6) is 17.2 Å². The zero-order valence-corrected chi connectivity index (χ0v) is 35.2. The van der Waals surface area contributed by atoms with Crippen LogP contribution in [0.15, 0.2) is 72.8 Å². The van der Waals surface area contributed by atoms with Crippen molar-refractivity contribution in [3.63, 3.8) is 0 Å². The van der Waals surface area contributed by atoms with Gasteiger partial charge >= 0.3 is 0 Å². The molecule has 6 rings (SSSR count). The number of rotatable bonds is 14. The lowest BCUT2D eigenvalue weighted by molar-refractivity contribution is 0.183. The van der Waals surface area contributed by atoms with Crippen molar-refractivity contribution in [3.8, 4) is 29.1 Å². The number of ether oxygens (including phenoxy) is 3. The molecule has 1 unspecified atom stereocenters. The molecule has 0 spiro atoms. The van der Waals surface area contributed by atoms with Gasteiger partial charge in [-0.25, -0.2) is 4.39 Å². The fraction of sp³-hybridized carbons (Fsp3) is 0.558. The number of halogens is 1. The van der Waals surface area contributed by atoms with E-state index in [1.807, 2.05) is 66.7 Å². The van der Waals surface area contributed by atoms with Gasteiger partial charge in [-0.3, -0.25) is 0 Å². The Labute approximate surface area is 351 Å². The van der Waals surface area contributed by atoms with Crippen LogP contribution in [0.25, 0.3) is 6.08 Å². The molecule has 3 aromatic carbocycles. The summed E-state index contributed by atoms with van der Waals surface area (Å²) < 4.78 is 31.1. The van der Waals surface area contributed by atoms with E-state index in [0.717, 1.165) is 66.8 Å². The molecule has 58 heavy (non-hydrogen) atoms. The number of aliphatic hydroxyl groups is 1. The topological polar surface area (TPSA) is 71.8 Å². The van der Waals surface area contributed by atoms with E-state index in [1.54, 1.807) is 13.0 Å². The van der Waals surface area contributed by atoms with Crippen LogP contribution in [-0.2, 0) is 0 Å². The third-order valence-corrected chi connectivity index (χ3v) is 11.1. The van der Waals surface area contributed by atoms with E-state index in [0.29, 0.717) is 29.7 Å². The molecule has 6 heteroatoms. The van der Waals surface area contributed by atoms with Crippen LogP contribution in [0.4, 0.5) is 4.39 Å². The van der Waals surface area contributed by atoms with Gasteiger partial charge in [0.1, 0.15) is 23.1 Å². The predicted octanol–water partition coefficient (Wildman–Crippen LogP) is 14.4. The molecule has 0 radical (unpaired) electrons. The van der Waals surface area contributed by atoms with Gasteiger partial charge in [0.05, 0.1) is 25.9 Å². The molecule has 3 aliphatic carbocycles. The highest BCUT2D eigenvalue weighted by molar-refractivity contribution is 5.79. The first-order valence-electron chi connectivity index (χ1n) is 22.1. The van der Waals surface area contributed by atoms with Gasteiger partial charge in [0.15, 0.2) is 0 Å². The molecule has 3 fully saturated rings. The molecule has 318 valence electrons. The van der Waals surface area contributed by atoms with Crippen LogP contribution in [0, 0.1) is 40.8 Å². The summed E-state index contributed by atoms with van der Waals surface area (Å²) in [6.45, 7) is 8.22. The van der Waals surface area contributed by atoms with Crippen molar-refractivity contribution in [2.45, 2.75) is 150 Å². The summed E-state index contributed by atoms with van der Waals surface area (Å²) >= 11 is 0. The average molecular weight is 796 g/mol. The van der Waals surface area contributed by atoms with Crippen molar-refractivity contribution in [2.75, 3.05) is 19.8 Å². The Kier molecular flexibility index (Phi) is 23.6. The van der Waals surface area contributed by atoms with E-state index in [1.165, 1.54) is 102 Å². The first kappa shape index (κ1) is 48.3. The van der Waals surface area contributed by atoms with Crippen LogP contribution in [0.1, 0.15) is 167 Å². The molecule has 5 nitrogen and oxygen atoms in total. The second-order valence-corrected chi connectivity index (χ2v) is 16.2. The van der Waals surface area contributed by atoms with E-state index in [9.17, 15) is 9.50 Å². The van der Waals surface area contributed by atoms with E-state index in [4.69, 9.17) is 19.6 Å². The van der Waals surface area contributed by atoms with Gasteiger partial charge in [0.2, 0.25) is 0 Å². The van der Waals surface area contributed by atoms with Crippen molar-refractivity contribution in [2.24, 2.45) is 17.8 Å². The van der Waals surface area contributed by atoms with Gasteiger partial charge in [-0.1, -0.05) is 121 Å². The van der Waals surface area contributed by atoms with Crippen LogP contribution in [0.2, 0.25) is 0 Å². The molecule has 0 amide bonds. The van der Waals surface area contributed by atoms with E-state index in [-0.39, 0.29) is 13.2 Å². The molecule has 3 aromatic rings. The minimum absolute atomic E-state index is 0. The summed E-state index contributed by atoms with van der Waals surface area (Å²) in [5.74, 6) is 10.5. The number of allylic oxidation sites excluding steroid dienone is 1. The first-order valence-corrected chi connectivity index (χ1v) is 22.1. The minimum Gasteiger partial charge on any atom is -0.493 e. The Bertz CT molecular complexity index is 1670. The van der Waals surface area contributed by atoms with Gasteiger partial charge in [0, 0.05) is 30.2 Å². The van der Waals surface area contributed by atoms with Gasteiger partial charge < -0.3 is 24.7 Å². The van der Waals surface area contributed by atoms with Gasteiger partial charge in [-0.05, 0) is 123 Å². The zero-order chi connectivity index (χ0) is 40.5. The summed E-state index contributed by atoms with van der Waals surface area (Å²) in [4.78, 5) is 0. The quantitative estimate of drug-likeness (QED) is 0.126. The van der Waals surface area contributed by atoms with Crippen LogP contribution in [0.3, 0.4) is 0 Å². The lowest BCUT2D eigenvalue weighted by Gasteiger charge is -2.22. The highest BCUT2D eigenvalue weighted by atomic mass is 19.1. The predicted molar refractivity (Wildman–Crippen MR) is 242 cm³/mol. The number of nitrogens with one attached hydrogen (secondary N) is 1. The van der Waals surface area contributed by atoms with Crippen LogP contribution in [-0.4, -0.2) is 30.6 Å². The molecule has 2 N–H and O–H groups in total. The normalized spacial score (nSPS) is 16.6. The smallest absolute Gasteiger partial charge is 0.127 e. The lowest BCUT2D eigenvalue weighted by Crippen LogP contribution is -2.15. The van der Waals surface area contributed by atoms with Gasteiger partial charge in [-0.15, -0.1) is 0 Å². The molecule has 0 heterocycles. The Morgan fingerprint density at radius 3 is 1.76 bits per heavy atom. The van der Waals surface area contributed by atoms with Gasteiger partial charge in [-0.2, -0.15) is 0 Å². The maximum Gasteiger partial charge on any atom is 0.127 e. The molecule has 3 saturated carbocycles. The van der Waals surface area contributed by atoms with E-state index < -0.39 is 6.10 Å². The SMILES string of the molecule is C.CC(=N)CC(O)c1cccc(OCC2CCCCC2)c1.CC/C=C/c1cc(F)cc(OCC2CCCCC2)c1.CCC#Cc1cccc(OCC2CCCCC2)c1. The fourth-order valence-electron chi connectivity index (χ4n) is 7.80. The van der Waals surface area contributed by atoms with Crippen LogP contribution >= 0.6 is 0 Å². The summed E-state index contributed by atoms with van der Waals surface area (Å²) in [7, 11) is 0. The zero-order valence-electron chi connectivity index (χ0n) is 35.2. The van der Waals surface area contributed by atoms with E-state index >= 15 is 0 Å². The Balaban J connectivity index is 0.000000231. The Hall–Kier alpha value is -4.08. The molecule has 3 aliphatic rings. The van der Waals surface area contributed by atoms with Crippen molar-refractivity contribution in [3.05, 3.63) is 95.3 Å². The molecular formula is C52H74FNO4. The van der Waals surface area contributed by atoms with Crippen molar-refractivity contribution >= 4 is 11.8 Å². The highest BCUT2D eigenvalue weighted by Gasteiger charge is 2.17. The number of hydrogen-bond donors (Lipinski definition) is 2. The molecule has 1 atom stereocenters. The number of benzene rings is 3. The van der Waals surface area contributed by atoms with Gasteiger partial charge in [0.25, 0.3) is 0 Å². The number of aliphatic hydroxyl groups excluding tert-OH is 1. The van der Waals surface area contributed by atoms with Crippen molar-refractivity contribution in [1.29, 1.82) is 5.41 Å². The minimum atomic E-state index is -0.606. The number of hydrogen-bond acceptors (Lipinski definition) is 5. The first-order chi connectivity index (χ1) is 27.8. The molecule has 0 saturated heterocycles. The Morgan fingerprint density at radius 1 is 0.724 bits per heavy atom. The largest absolute Gasteiger partial charge is 0.493 e. The third-order valence-electron chi connectivity index (χ3n) is 11.1. The maximum absolute atomic E-state index is 13.5. The summed E-state index contributed by atoms with van der Waals surface area (Å²) in [5, 5.41) is 17.5. The molecule has 0 bridgehead atoms. The summed E-state index contributed by atoms with van der Waals surface area (Å²) in [5.41, 5.74) is 3.25. The van der Waals surface area contributed by atoms with Crippen LogP contribution < -0.4 is 14.2 Å². The fourth-order valence-corrected chi connectivity index (χ4v) is 7.80. The summed E-state index contributed by atoms with van der Waals surface area (Å²) in [6.07, 6.45) is 25.4. The van der Waals surface area contributed by atoms with Crippen molar-refractivity contribution < 1.29 is 23.7 Å². The standard InChI is InChI=1S/C17H23FO.C17H25NO2.C17H22O.CH4/c1-2-3-7-15-10-16(18)12-17(11-15)19-13-14-8-5-4-6-9-14;1-13(18)10-17(19)15-8-5-9-16(11-15)20-12-14-6-3-2-4-7-14;1-2-3-8-15-11-7-12-17(13-15)18-14-16-9-5-4-6-10-16;/h3,7,10-12,14H,2,4-6,8-9,13H2,1H3;5,8-9,11,14,17-19H,2-4,6-7,10,12H2,1H3;7,11-13,16H,2,4-6,9-10,14H2,1H3;1H4/b7-3+;;;. The Morgan fingerprint density at radius 2 is 1.24 bits per heavy atom. The van der Waals surface area contributed by atoms with E-state index in [2.05, 4.69) is 25.7 Å². The molecular weight excluding hydrogens is 722 g/mol. The summed E-state index contributed by atoms with van der Waals surface area (Å²) in [6, 6.07) is 20.7. The average Bonchev–Trinajstić information content (AvgIpc) is 3.24. The lowest BCUT2D eigenvalue weighted by atomic mass is 9.90. The highest BCUT2D eigenvalue weighted by Crippen LogP contribution is 2.28. The molecule has 0 aromatic heterocycles. The monoisotopic (exact) mass is 796 g/mol. The molecule has 0 aliphatic heterocycles. The third kappa shape index (κ3) is 19.6.